The topological polar surface area (TPSA) is 88.6 Å². The van der Waals surface area contributed by atoms with Crippen molar-refractivity contribution < 1.29 is 17.9 Å². The minimum absolute atomic E-state index is 0.0797. The van der Waals surface area contributed by atoms with E-state index in [0.717, 1.165) is 21.3 Å². The first kappa shape index (κ1) is 22.7. The van der Waals surface area contributed by atoms with Crippen molar-refractivity contribution in [3.05, 3.63) is 48.2 Å². The molecule has 0 spiro atoms. The number of carbonyl (C=O) groups excluding carboxylic acids is 1. The number of benzene rings is 2. The average Bonchev–Trinajstić information content (AvgIpc) is 3.26. The monoisotopic (exact) mass is 473 g/mol. The van der Waals surface area contributed by atoms with Crippen LogP contribution in [0.1, 0.15) is 38.2 Å². The normalized spacial score (nSPS) is 15.9. The summed E-state index contributed by atoms with van der Waals surface area (Å²) in [6.45, 7) is 4.63. The Morgan fingerprint density at radius 2 is 1.94 bits per heavy atom. The fraction of sp³-hybridized carbons (Fsp3) is 0.391. The molecular weight excluding hydrogens is 446 g/mol. The van der Waals surface area contributed by atoms with Gasteiger partial charge in [-0.2, -0.15) is 8.68 Å². The maximum atomic E-state index is 13.3. The van der Waals surface area contributed by atoms with Crippen LogP contribution in [-0.2, 0) is 14.8 Å². The Labute approximate surface area is 192 Å². The van der Waals surface area contributed by atoms with E-state index >= 15 is 0 Å². The van der Waals surface area contributed by atoms with Crippen molar-refractivity contribution in [1.29, 1.82) is 0 Å². The van der Waals surface area contributed by atoms with E-state index in [0.29, 0.717) is 31.7 Å². The predicted molar refractivity (Wildman–Crippen MR) is 127 cm³/mol. The van der Waals surface area contributed by atoms with E-state index in [9.17, 15) is 13.2 Å². The van der Waals surface area contributed by atoms with Gasteiger partial charge in [0.2, 0.25) is 15.9 Å². The molecule has 7 nitrogen and oxygen atoms in total. The summed E-state index contributed by atoms with van der Waals surface area (Å²) < 4.78 is 38.7. The van der Waals surface area contributed by atoms with E-state index in [-0.39, 0.29) is 22.6 Å². The number of anilines is 1. The quantitative estimate of drug-likeness (QED) is 0.571. The molecule has 1 fully saturated rings. The van der Waals surface area contributed by atoms with Gasteiger partial charge < -0.3 is 10.1 Å². The van der Waals surface area contributed by atoms with Gasteiger partial charge in [-0.25, -0.2) is 8.42 Å². The molecule has 1 aliphatic rings. The Kier molecular flexibility index (Phi) is 6.50. The highest BCUT2D eigenvalue weighted by atomic mass is 32.2. The number of nitrogens with zero attached hydrogens (tertiary/aromatic N) is 2. The van der Waals surface area contributed by atoms with Gasteiger partial charge in [-0.05, 0) is 66.2 Å². The fourth-order valence-corrected chi connectivity index (χ4v) is 6.23. The zero-order chi connectivity index (χ0) is 22.9. The minimum atomic E-state index is -3.72. The van der Waals surface area contributed by atoms with Crippen molar-refractivity contribution >= 4 is 43.2 Å². The summed E-state index contributed by atoms with van der Waals surface area (Å²) >= 11 is 1.41. The first-order valence-electron chi connectivity index (χ1n) is 10.6. The molecule has 0 aliphatic carbocycles. The second kappa shape index (κ2) is 9.17. The molecule has 1 saturated heterocycles. The summed E-state index contributed by atoms with van der Waals surface area (Å²) in [5.74, 6) is 0.228. The van der Waals surface area contributed by atoms with Gasteiger partial charge in [0, 0.05) is 36.3 Å². The molecule has 1 N–H and O–H groups in total. The predicted octanol–water partition coefficient (Wildman–Crippen LogP) is 4.47. The summed E-state index contributed by atoms with van der Waals surface area (Å²) in [6.07, 6.45) is 2.72. The molecule has 0 radical (unpaired) electrons. The molecule has 0 unspecified atom stereocenters. The lowest BCUT2D eigenvalue weighted by Crippen LogP contribution is -2.41. The second-order valence-electron chi connectivity index (χ2n) is 8.31. The molecule has 2 heterocycles. The van der Waals surface area contributed by atoms with Crippen molar-refractivity contribution in [2.75, 3.05) is 25.5 Å². The molecule has 0 bridgehead atoms. The van der Waals surface area contributed by atoms with Crippen LogP contribution in [0.4, 0.5) is 5.69 Å². The SMILES string of the molecule is COc1ccc(C(C)C)cc1S(=O)(=O)N1CCC(C(=O)Nc2ccc3sncc3c2)CC1. The van der Waals surface area contributed by atoms with Crippen LogP contribution in [0.15, 0.2) is 47.5 Å². The molecule has 170 valence electrons. The van der Waals surface area contributed by atoms with Crippen LogP contribution in [0, 0.1) is 5.92 Å². The van der Waals surface area contributed by atoms with E-state index in [1.54, 1.807) is 18.3 Å². The number of methoxy groups -OCH3 is 1. The van der Waals surface area contributed by atoms with E-state index in [4.69, 9.17) is 4.74 Å². The number of sulfonamides is 1. The Bertz CT molecular complexity index is 1230. The number of nitrogens with one attached hydrogen (secondary N) is 1. The van der Waals surface area contributed by atoms with Gasteiger partial charge in [0.05, 0.1) is 11.8 Å². The van der Waals surface area contributed by atoms with Crippen molar-refractivity contribution in [2.45, 2.75) is 37.5 Å². The van der Waals surface area contributed by atoms with Gasteiger partial charge in [-0.15, -0.1) is 0 Å². The number of rotatable bonds is 6. The maximum absolute atomic E-state index is 13.3. The molecule has 0 saturated carbocycles. The van der Waals surface area contributed by atoms with E-state index in [2.05, 4.69) is 9.69 Å². The van der Waals surface area contributed by atoms with Crippen LogP contribution in [0.2, 0.25) is 0 Å². The maximum Gasteiger partial charge on any atom is 0.246 e. The van der Waals surface area contributed by atoms with Gasteiger partial charge in [0.25, 0.3) is 0 Å². The first-order chi connectivity index (χ1) is 15.3. The third-order valence-electron chi connectivity index (χ3n) is 5.92. The van der Waals surface area contributed by atoms with E-state index in [1.165, 1.54) is 22.9 Å². The van der Waals surface area contributed by atoms with Crippen LogP contribution in [-0.4, -0.2) is 43.2 Å². The van der Waals surface area contributed by atoms with Crippen LogP contribution in [0.3, 0.4) is 0 Å². The minimum Gasteiger partial charge on any atom is -0.495 e. The van der Waals surface area contributed by atoms with Crippen LogP contribution >= 0.6 is 11.5 Å². The van der Waals surface area contributed by atoms with Crippen molar-refractivity contribution in [1.82, 2.24) is 8.68 Å². The zero-order valence-electron chi connectivity index (χ0n) is 18.4. The number of fused-ring (bicyclic) bond motifs is 1. The number of hydrogen-bond acceptors (Lipinski definition) is 6. The molecule has 32 heavy (non-hydrogen) atoms. The number of amides is 1. The molecular formula is C23H27N3O4S2. The van der Waals surface area contributed by atoms with Crippen molar-refractivity contribution in [3.63, 3.8) is 0 Å². The summed E-state index contributed by atoms with van der Waals surface area (Å²) in [7, 11) is -2.24. The van der Waals surface area contributed by atoms with E-state index in [1.807, 2.05) is 38.1 Å². The Hall–Kier alpha value is -2.49. The molecule has 2 aromatic carbocycles. The largest absolute Gasteiger partial charge is 0.495 e. The molecule has 0 atom stereocenters. The molecule has 1 amide bonds. The molecule has 1 aromatic heterocycles. The van der Waals surface area contributed by atoms with Gasteiger partial charge in [-0.1, -0.05) is 19.9 Å². The summed E-state index contributed by atoms with van der Waals surface area (Å²) in [4.78, 5) is 13.0. The van der Waals surface area contributed by atoms with Crippen LogP contribution in [0.25, 0.3) is 10.1 Å². The number of piperidine rings is 1. The van der Waals surface area contributed by atoms with Crippen LogP contribution in [0.5, 0.6) is 5.75 Å². The molecule has 1 aliphatic heterocycles. The number of hydrogen-bond donors (Lipinski definition) is 1. The average molecular weight is 474 g/mol. The van der Waals surface area contributed by atoms with Crippen LogP contribution < -0.4 is 10.1 Å². The Morgan fingerprint density at radius 1 is 1.19 bits per heavy atom. The van der Waals surface area contributed by atoms with Gasteiger partial charge in [-0.3, -0.25) is 4.79 Å². The first-order valence-corrected chi connectivity index (χ1v) is 12.8. The number of ether oxygens (including phenoxy) is 1. The second-order valence-corrected chi connectivity index (χ2v) is 11.1. The highest BCUT2D eigenvalue weighted by molar-refractivity contribution is 7.89. The lowest BCUT2D eigenvalue weighted by atomic mass is 9.97. The lowest BCUT2D eigenvalue weighted by Gasteiger charge is -2.31. The Balaban J connectivity index is 1.44. The number of carbonyl (C=O) groups is 1. The standard InChI is InChI=1S/C23H27N3O4S2/c1-15(2)17-4-6-20(30-3)22(13-17)32(28,29)26-10-8-16(9-11-26)23(27)25-19-5-7-21-18(12-19)14-24-31-21/h4-7,12-16H,8-11H2,1-3H3,(H,25,27). The summed E-state index contributed by atoms with van der Waals surface area (Å²) in [5.41, 5.74) is 1.67. The highest BCUT2D eigenvalue weighted by Crippen LogP contribution is 2.32. The third kappa shape index (κ3) is 4.51. The third-order valence-corrected chi connectivity index (χ3v) is 8.62. The van der Waals surface area contributed by atoms with Gasteiger partial charge in [0.1, 0.15) is 10.6 Å². The van der Waals surface area contributed by atoms with Crippen molar-refractivity contribution in [2.24, 2.45) is 5.92 Å². The molecule has 9 heteroatoms. The summed E-state index contributed by atoms with van der Waals surface area (Å²) in [6, 6.07) is 11.0. The lowest BCUT2D eigenvalue weighted by molar-refractivity contribution is -0.120. The van der Waals surface area contributed by atoms with E-state index < -0.39 is 10.0 Å². The van der Waals surface area contributed by atoms with Gasteiger partial charge in [0.15, 0.2) is 0 Å². The molecule has 3 aromatic rings. The van der Waals surface area contributed by atoms with Gasteiger partial charge >= 0.3 is 0 Å². The highest BCUT2D eigenvalue weighted by Gasteiger charge is 2.34. The van der Waals surface area contributed by atoms with Crippen molar-refractivity contribution in [3.8, 4) is 5.75 Å². The summed E-state index contributed by atoms with van der Waals surface area (Å²) in [5, 5.41) is 3.96. The fourth-order valence-electron chi connectivity index (χ4n) is 3.95. The molecule has 4 rings (SSSR count). The number of aromatic nitrogens is 1. The Morgan fingerprint density at radius 3 is 2.62 bits per heavy atom. The zero-order valence-corrected chi connectivity index (χ0v) is 20.0. The smallest absolute Gasteiger partial charge is 0.246 e.